The van der Waals surface area contributed by atoms with Gasteiger partial charge in [0.2, 0.25) is 0 Å². The number of hydrogen-bond donors (Lipinski definition) is 1. The van der Waals surface area contributed by atoms with Gasteiger partial charge in [-0.1, -0.05) is 55.5 Å². The van der Waals surface area contributed by atoms with Gasteiger partial charge >= 0.3 is 0 Å². The van der Waals surface area contributed by atoms with Crippen LogP contribution in [0.5, 0.6) is 0 Å². The summed E-state index contributed by atoms with van der Waals surface area (Å²) in [5, 5.41) is 2.84. The van der Waals surface area contributed by atoms with Crippen molar-refractivity contribution in [2.24, 2.45) is 5.41 Å². The van der Waals surface area contributed by atoms with E-state index < -0.39 is 5.41 Å². The van der Waals surface area contributed by atoms with Crippen LogP contribution in [-0.2, 0) is 11.2 Å². The minimum Gasteiger partial charge on any atom is -0.351 e. The van der Waals surface area contributed by atoms with E-state index in [2.05, 4.69) is 5.32 Å². The predicted molar refractivity (Wildman–Crippen MR) is 83.1 cm³/mol. The summed E-state index contributed by atoms with van der Waals surface area (Å²) in [6.45, 7) is 2.18. The molecule has 0 aliphatic carbocycles. The third-order valence-corrected chi connectivity index (χ3v) is 3.42. The van der Waals surface area contributed by atoms with E-state index in [1.165, 1.54) is 0 Å². The largest absolute Gasteiger partial charge is 0.351 e. The maximum atomic E-state index is 12.0. The van der Waals surface area contributed by atoms with Gasteiger partial charge in [-0.2, -0.15) is 0 Å². The lowest BCUT2D eigenvalue weighted by molar-refractivity contribution is -0.115. The molecule has 2 rings (SSSR count). The van der Waals surface area contributed by atoms with Crippen molar-refractivity contribution in [3.8, 4) is 0 Å². The van der Waals surface area contributed by atoms with Crippen LogP contribution in [-0.4, -0.2) is 18.7 Å². The van der Waals surface area contributed by atoms with E-state index in [0.29, 0.717) is 18.5 Å². The lowest BCUT2D eigenvalue weighted by atomic mass is 9.85. The van der Waals surface area contributed by atoms with Crippen molar-refractivity contribution in [3.05, 3.63) is 71.8 Å². The molecule has 0 spiro atoms. The van der Waals surface area contributed by atoms with Crippen LogP contribution in [0.25, 0.3) is 0 Å². The molecule has 0 fully saturated rings. The molecule has 0 saturated carbocycles. The number of aldehydes is 1. The summed E-state index contributed by atoms with van der Waals surface area (Å²) in [7, 11) is 0. The highest BCUT2D eigenvalue weighted by Crippen LogP contribution is 2.19. The Hall–Kier alpha value is -2.42. The molecule has 1 N–H and O–H groups in total. The zero-order valence-electron chi connectivity index (χ0n) is 12.1. The van der Waals surface area contributed by atoms with Crippen LogP contribution >= 0.6 is 0 Å². The Balaban J connectivity index is 1.99. The minimum absolute atomic E-state index is 0.156. The molecule has 2 aromatic rings. The average molecular weight is 281 g/mol. The Labute approximate surface area is 125 Å². The molecule has 21 heavy (non-hydrogen) atoms. The van der Waals surface area contributed by atoms with Gasteiger partial charge in [-0.05, 0) is 24.1 Å². The van der Waals surface area contributed by atoms with Crippen molar-refractivity contribution < 1.29 is 9.59 Å². The molecule has 1 amide bonds. The van der Waals surface area contributed by atoms with Crippen LogP contribution in [0.2, 0.25) is 0 Å². The molecule has 0 aliphatic rings. The van der Waals surface area contributed by atoms with Crippen molar-refractivity contribution in [3.63, 3.8) is 0 Å². The van der Waals surface area contributed by atoms with Crippen LogP contribution < -0.4 is 5.32 Å². The first-order valence-electron chi connectivity index (χ1n) is 6.96. The Morgan fingerprint density at radius 3 is 2.19 bits per heavy atom. The third-order valence-electron chi connectivity index (χ3n) is 3.42. The second-order valence-corrected chi connectivity index (χ2v) is 5.48. The Kier molecular flexibility index (Phi) is 4.88. The van der Waals surface area contributed by atoms with Crippen LogP contribution in [0.15, 0.2) is 60.7 Å². The van der Waals surface area contributed by atoms with Crippen molar-refractivity contribution in [2.45, 2.75) is 13.3 Å². The number of amides is 1. The molecule has 0 radical (unpaired) electrons. The highest BCUT2D eigenvalue weighted by atomic mass is 16.1. The Morgan fingerprint density at radius 1 is 1.05 bits per heavy atom. The zero-order chi connectivity index (χ0) is 15.1. The summed E-state index contributed by atoms with van der Waals surface area (Å²) >= 11 is 0. The molecule has 0 aromatic heterocycles. The maximum Gasteiger partial charge on any atom is 0.251 e. The smallest absolute Gasteiger partial charge is 0.251 e. The SMILES string of the molecule is C[C@@](C=O)(CNC(=O)c1ccccc1)Cc1ccccc1. The summed E-state index contributed by atoms with van der Waals surface area (Å²) in [4.78, 5) is 23.5. The van der Waals surface area contributed by atoms with Gasteiger partial charge in [0, 0.05) is 17.5 Å². The van der Waals surface area contributed by atoms with E-state index in [4.69, 9.17) is 0 Å². The Bertz CT molecular complexity index is 595. The number of carbonyl (C=O) groups is 2. The lowest BCUT2D eigenvalue weighted by Crippen LogP contribution is -2.38. The maximum absolute atomic E-state index is 12.0. The monoisotopic (exact) mass is 281 g/mol. The fourth-order valence-electron chi connectivity index (χ4n) is 2.18. The summed E-state index contributed by atoms with van der Waals surface area (Å²) in [5.74, 6) is -0.156. The van der Waals surface area contributed by atoms with E-state index in [-0.39, 0.29) is 5.91 Å². The van der Waals surface area contributed by atoms with Gasteiger partial charge in [-0.25, -0.2) is 0 Å². The van der Waals surface area contributed by atoms with Gasteiger partial charge in [0.1, 0.15) is 6.29 Å². The van der Waals surface area contributed by atoms with Gasteiger partial charge in [0.25, 0.3) is 5.91 Å². The third kappa shape index (κ3) is 4.28. The van der Waals surface area contributed by atoms with Crippen LogP contribution in [0.3, 0.4) is 0 Å². The zero-order valence-corrected chi connectivity index (χ0v) is 12.1. The molecule has 3 heteroatoms. The van der Waals surface area contributed by atoms with E-state index in [0.717, 1.165) is 11.8 Å². The first-order valence-corrected chi connectivity index (χ1v) is 6.96. The van der Waals surface area contributed by atoms with Crippen LogP contribution in [0.1, 0.15) is 22.8 Å². The molecular weight excluding hydrogens is 262 g/mol. The normalized spacial score (nSPS) is 13.2. The van der Waals surface area contributed by atoms with Crippen LogP contribution in [0.4, 0.5) is 0 Å². The summed E-state index contributed by atoms with van der Waals surface area (Å²) in [5.41, 5.74) is 1.08. The molecule has 1 atom stereocenters. The van der Waals surface area contributed by atoms with Gasteiger partial charge in [0.05, 0.1) is 0 Å². The van der Waals surface area contributed by atoms with Crippen molar-refractivity contribution in [2.75, 3.05) is 6.54 Å². The highest BCUT2D eigenvalue weighted by molar-refractivity contribution is 5.94. The lowest BCUT2D eigenvalue weighted by Gasteiger charge is -2.23. The molecule has 108 valence electrons. The topological polar surface area (TPSA) is 46.2 Å². The second-order valence-electron chi connectivity index (χ2n) is 5.48. The molecule has 0 aliphatic heterocycles. The number of carbonyl (C=O) groups excluding carboxylic acids is 2. The van der Waals surface area contributed by atoms with Gasteiger partial charge < -0.3 is 10.1 Å². The van der Waals surface area contributed by atoms with E-state index in [9.17, 15) is 9.59 Å². The van der Waals surface area contributed by atoms with Gasteiger partial charge in [0.15, 0.2) is 0 Å². The van der Waals surface area contributed by atoms with Crippen molar-refractivity contribution in [1.29, 1.82) is 0 Å². The first-order chi connectivity index (χ1) is 10.1. The highest BCUT2D eigenvalue weighted by Gasteiger charge is 2.25. The molecule has 3 nitrogen and oxygen atoms in total. The number of benzene rings is 2. The Morgan fingerprint density at radius 2 is 1.62 bits per heavy atom. The van der Waals surface area contributed by atoms with Crippen molar-refractivity contribution >= 4 is 12.2 Å². The van der Waals surface area contributed by atoms with Crippen molar-refractivity contribution in [1.82, 2.24) is 5.32 Å². The summed E-state index contributed by atoms with van der Waals surface area (Å²) in [6.07, 6.45) is 1.53. The molecule has 0 bridgehead atoms. The predicted octanol–water partition coefficient (Wildman–Crippen LogP) is 2.86. The molecule has 0 heterocycles. The van der Waals surface area contributed by atoms with E-state index in [1.807, 2.05) is 55.5 Å². The van der Waals surface area contributed by atoms with E-state index >= 15 is 0 Å². The number of nitrogens with one attached hydrogen (secondary N) is 1. The second kappa shape index (κ2) is 6.84. The van der Waals surface area contributed by atoms with Gasteiger partial charge in [-0.15, -0.1) is 0 Å². The number of hydrogen-bond acceptors (Lipinski definition) is 2. The molecule has 0 unspecified atom stereocenters. The van der Waals surface area contributed by atoms with E-state index in [1.54, 1.807) is 12.1 Å². The fourth-order valence-corrected chi connectivity index (χ4v) is 2.18. The quantitative estimate of drug-likeness (QED) is 0.828. The standard InChI is InChI=1S/C18H19NO2/c1-18(14-20,12-15-8-4-2-5-9-15)13-19-17(21)16-10-6-3-7-11-16/h2-11,14H,12-13H2,1H3,(H,19,21)/t18-/m0/s1. The number of rotatable bonds is 6. The first kappa shape index (κ1) is 15.0. The van der Waals surface area contributed by atoms with Gasteiger partial charge in [-0.3, -0.25) is 4.79 Å². The molecular formula is C18H19NO2. The van der Waals surface area contributed by atoms with Crippen LogP contribution in [0, 0.1) is 5.41 Å². The summed E-state index contributed by atoms with van der Waals surface area (Å²) in [6, 6.07) is 18.8. The molecule has 0 saturated heterocycles. The summed E-state index contributed by atoms with van der Waals surface area (Å²) < 4.78 is 0. The molecule has 2 aromatic carbocycles. The average Bonchev–Trinajstić information content (AvgIpc) is 2.54. The minimum atomic E-state index is -0.605. The fraction of sp³-hybridized carbons (Fsp3) is 0.222.